The Balaban J connectivity index is 2.54. The molecule has 2 aromatic heterocycles. The Morgan fingerprint density at radius 1 is 1.58 bits per heavy atom. The van der Waals surface area contributed by atoms with Gasteiger partial charge in [-0.25, -0.2) is 9.97 Å². The molecule has 0 aliphatic heterocycles. The SMILES string of the molecule is Cc1sc(N)nc1-c1ncn[nH]1. The van der Waals surface area contributed by atoms with Crippen LogP contribution in [0.3, 0.4) is 0 Å². The third-order valence-corrected chi connectivity index (χ3v) is 2.25. The number of nitrogens with zero attached hydrogens (tertiary/aromatic N) is 3. The lowest BCUT2D eigenvalue weighted by atomic mass is 10.4. The van der Waals surface area contributed by atoms with Gasteiger partial charge in [0, 0.05) is 4.88 Å². The van der Waals surface area contributed by atoms with Crippen molar-refractivity contribution in [3.05, 3.63) is 11.2 Å². The molecule has 0 bridgehead atoms. The standard InChI is InChI=1S/C6H7N5S/c1-3-4(10-6(7)12-3)5-8-2-9-11-5/h2H,1H3,(H2,7,10)(H,8,9,11). The molecule has 2 aromatic rings. The molecule has 0 radical (unpaired) electrons. The number of thiazole rings is 1. The third kappa shape index (κ3) is 1.06. The molecule has 0 aliphatic rings. The van der Waals surface area contributed by atoms with Crippen LogP contribution in [-0.2, 0) is 0 Å². The van der Waals surface area contributed by atoms with Crippen molar-refractivity contribution in [3.8, 4) is 11.5 Å². The number of aromatic amines is 1. The number of nitrogens with one attached hydrogen (secondary N) is 1. The van der Waals surface area contributed by atoms with E-state index in [2.05, 4.69) is 20.2 Å². The first-order chi connectivity index (χ1) is 5.77. The highest BCUT2D eigenvalue weighted by molar-refractivity contribution is 7.15. The average Bonchev–Trinajstić information content (AvgIpc) is 2.58. The van der Waals surface area contributed by atoms with Crippen molar-refractivity contribution in [2.75, 3.05) is 5.73 Å². The van der Waals surface area contributed by atoms with E-state index < -0.39 is 0 Å². The normalized spacial score (nSPS) is 10.4. The molecule has 0 saturated heterocycles. The van der Waals surface area contributed by atoms with Gasteiger partial charge in [0.1, 0.15) is 12.0 Å². The Hall–Kier alpha value is -1.43. The van der Waals surface area contributed by atoms with Gasteiger partial charge < -0.3 is 5.73 Å². The van der Waals surface area contributed by atoms with Gasteiger partial charge in [0.25, 0.3) is 0 Å². The Bertz CT molecular complexity index is 377. The second-order valence-corrected chi connectivity index (χ2v) is 3.53. The highest BCUT2D eigenvalue weighted by Crippen LogP contribution is 2.25. The van der Waals surface area contributed by atoms with Crippen molar-refractivity contribution in [1.29, 1.82) is 0 Å². The van der Waals surface area contributed by atoms with Crippen LogP contribution in [0.25, 0.3) is 11.5 Å². The predicted molar refractivity (Wildman–Crippen MR) is 46.6 cm³/mol. The van der Waals surface area contributed by atoms with E-state index in [1.54, 1.807) is 0 Å². The van der Waals surface area contributed by atoms with Gasteiger partial charge >= 0.3 is 0 Å². The van der Waals surface area contributed by atoms with E-state index >= 15 is 0 Å². The van der Waals surface area contributed by atoms with Gasteiger partial charge in [-0.05, 0) is 6.92 Å². The van der Waals surface area contributed by atoms with Crippen LogP contribution in [0.15, 0.2) is 6.33 Å². The van der Waals surface area contributed by atoms with E-state index in [4.69, 9.17) is 5.73 Å². The zero-order valence-corrected chi connectivity index (χ0v) is 7.22. The zero-order valence-electron chi connectivity index (χ0n) is 6.40. The lowest BCUT2D eigenvalue weighted by Gasteiger charge is -1.88. The molecule has 12 heavy (non-hydrogen) atoms. The summed E-state index contributed by atoms with van der Waals surface area (Å²) in [5.41, 5.74) is 6.32. The monoisotopic (exact) mass is 181 g/mol. The smallest absolute Gasteiger partial charge is 0.180 e. The lowest BCUT2D eigenvalue weighted by Crippen LogP contribution is -1.85. The molecule has 2 rings (SSSR count). The fraction of sp³-hybridized carbons (Fsp3) is 0.167. The number of hydrogen-bond donors (Lipinski definition) is 2. The molecule has 0 saturated carbocycles. The van der Waals surface area contributed by atoms with Crippen LogP contribution in [0, 0.1) is 6.92 Å². The molecule has 0 unspecified atom stereocenters. The van der Waals surface area contributed by atoms with Gasteiger partial charge in [0.05, 0.1) is 0 Å². The largest absolute Gasteiger partial charge is 0.375 e. The van der Waals surface area contributed by atoms with Gasteiger partial charge in [-0.15, -0.1) is 11.3 Å². The predicted octanol–water partition coefficient (Wildman–Crippen LogP) is 0.819. The minimum Gasteiger partial charge on any atom is -0.375 e. The highest BCUT2D eigenvalue weighted by Gasteiger charge is 2.09. The highest BCUT2D eigenvalue weighted by atomic mass is 32.1. The maximum atomic E-state index is 5.53. The summed E-state index contributed by atoms with van der Waals surface area (Å²) in [6.07, 6.45) is 1.45. The summed E-state index contributed by atoms with van der Waals surface area (Å²) < 4.78 is 0. The van der Waals surface area contributed by atoms with Crippen molar-refractivity contribution in [1.82, 2.24) is 20.2 Å². The van der Waals surface area contributed by atoms with E-state index in [-0.39, 0.29) is 0 Å². The van der Waals surface area contributed by atoms with E-state index in [0.29, 0.717) is 11.0 Å². The Morgan fingerprint density at radius 2 is 2.42 bits per heavy atom. The van der Waals surface area contributed by atoms with Crippen molar-refractivity contribution in [2.45, 2.75) is 6.92 Å². The third-order valence-electron chi connectivity index (χ3n) is 1.45. The first-order valence-corrected chi connectivity index (χ1v) is 4.17. The molecule has 0 aromatic carbocycles. The molecule has 0 aliphatic carbocycles. The molecule has 6 heteroatoms. The van der Waals surface area contributed by atoms with Crippen molar-refractivity contribution >= 4 is 16.5 Å². The summed E-state index contributed by atoms with van der Waals surface area (Å²) in [5, 5.41) is 7.03. The molecule has 0 spiro atoms. The van der Waals surface area contributed by atoms with Crippen molar-refractivity contribution in [2.24, 2.45) is 0 Å². The Morgan fingerprint density at radius 3 is 2.92 bits per heavy atom. The van der Waals surface area contributed by atoms with Crippen molar-refractivity contribution in [3.63, 3.8) is 0 Å². The number of aromatic nitrogens is 4. The maximum Gasteiger partial charge on any atom is 0.180 e. The number of nitrogens with two attached hydrogens (primary N) is 1. The summed E-state index contributed by atoms with van der Waals surface area (Å²) in [6, 6.07) is 0. The van der Waals surface area contributed by atoms with Crippen molar-refractivity contribution < 1.29 is 0 Å². The number of hydrogen-bond acceptors (Lipinski definition) is 5. The quantitative estimate of drug-likeness (QED) is 0.682. The van der Waals surface area contributed by atoms with E-state index in [9.17, 15) is 0 Å². The van der Waals surface area contributed by atoms with Crippen LogP contribution in [0.4, 0.5) is 5.13 Å². The average molecular weight is 181 g/mol. The topological polar surface area (TPSA) is 80.5 Å². The second-order valence-electron chi connectivity index (χ2n) is 2.29. The number of rotatable bonds is 1. The number of H-pyrrole nitrogens is 1. The minimum atomic E-state index is 0.555. The maximum absolute atomic E-state index is 5.53. The van der Waals surface area contributed by atoms with Crippen LogP contribution in [0.1, 0.15) is 4.88 Å². The number of anilines is 1. The molecule has 0 atom stereocenters. The van der Waals surface area contributed by atoms with Crippen LogP contribution in [0.5, 0.6) is 0 Å². The van der Waals surface area contributed by atoms with E-state index in [1.807, 2.05) is 6.92 Å². The fourth-order valence-electron chi connectivity index (χ4n) is 0.956. The van der Waals surface area contributed by atoms with E-state index in [0.717, 1.165) is 10.6 Å². The summed E-state index contributed by atoms with van der Waals surface area (Å²) in [4.78, 5) is 9.14. The van der Waals surface area contributed by atoms with Crippen LogP contribution in [0.2, 0.25) is 0 Å². The molecule has 62 valence electrons. The summed E-state index contributed by atoms with van der Waals surface area (Å²) in [6.45, 7) is 1.95. The van der Waals surface area contributed by atoms with Crippen LogP contribution >= 0.6 is 11.3 Å². The second kappa shape index (κ2) is 2.56. The van der Waals surface area contributed by atoms with Crippen LogP contribution < -0.4 is 5.73 Å². The summed E-state index contributed by atoms with van der Waals surface area (Å²) in [7, 11) is 0. The van der Waals surface area contributed by atoms with Gasteiger partial charge in [0.15, 0.2) is 11.0 Å². The van der Waals surface area contributed by atoms with Gasteiger partial charge in [0.2, 0.25) is 0 Å². The Kier molecular flexibility index (Phi) is 1.54. The number of nitrogen functional groups attached to an aromatic ring is 1. The first-order valence-electron chi connectivity index (χ1n) is 3.36. The molecule has 0 amide bonds. The molecular weight excluding hydrogens is 174 g/mol. The molecule has 2 heterocycles. The fourth-order valence-corrected chi connectivity index (χ4v) is 1.65. The minimum absolute atomic E-state index is 0.555. The zero-order chi connectivity index (χ0) is 8.55. The molecule has 3 N–H and O–H groups in total. The van der Waals surface area contributed by atoms with Gasteiger partial charge in [-0.2, -0.15) is 5.10 Å². The lowest BCUT2D eigenvalue weighted by molar-refractivity contribution is 1.09. The summed E-state index contributed by atoms with van der Waals surface area (Å²) in [5.74, 6) is 0.667. The Labute approximate surface area is 72.7 Å². The van der Waals surface area contributed by atoms with E-state index in [1.165, 1.54) is 17.7 Å². The van der Waals surface area contributed by atoms with Crippen LogP contribution in [-0.4, -0.2) is 20.2 Å². The number of aryl methyl sites for hydroxylation is 1. The summed E-state index contributed by atoms with van der Waals surface area (Å²) >= 11 is 1.45. The van der Waals surface area contributed by atoms with Gasteiger partial charge in [-0.3, -0.25) is 5.10 Å². The first kappa shape index (κ1) is 7.23. The molecular formula is C6H7N5S. The molecule has 0 fully saturated rings. The van der Waals surface area contributed by atoms with Gasteiger partial charge in [-0.1, -0.05) is 0 Å². The molecule has 5 nitrogen and oxygen atoms in total.